The highest BCUT2D eigenvalue weighted by molar-refractivity contribution is 5.78. The minimum absolute atomic E-state index is 0.0763. The molecule has 0 spiro atoms. The number of benzene rings is 3. The van der Waals surface area contributed by atoms with Crippen LogP contribution < -0.4 is 4.90 Å². The van der Waals surface area contributed by atoms with Gasteiger partial charge in [-0.3, -0.25) is 0 Å². The summed E-state index contributed by atoms with van der Waals surface area (Å²) in [5.74, 6) is 0. The highest BCUT2D eigenvalue weighted by Gasteiger charge is 2.13. The molecule has 1 nitrogen and oxygen atoms in total. The van der Waals surface area contributed by atoms with Crippen molar-refractivity contribution in [3.63, 3.8) is 0 Å². The Bertz CT molecular complexity index is 857. The SMILES string of the molecule is C=CCCC(=C(F)F)c1ccc(N(c2ccccc2)c2ccccc2)cc1. The Kier molecular flexibility index (Phi) is 6.16. The molecule has 0 saturated heterocycles. The molecule has 0 fully saturated rings. The van der Waals surface area contributed by atoms with Gasteiger partial charge in [0.25, 0.3) is 6.08 Å². The third-order valence-electron chi connectivity index (χ3n) is 4.33. The molecule has 0 aromatic heterocycles. The fourth-order valence-electron chi connectivity index (χ4n) is 3.01. The Morgan fingerprint density at radius 1 is 0.741 bits per heavy atom. The van der Waals surface area contributed by atoms with Gasteiger partial charge in [-0.25, -0.2) is 0 Å². The molecule has 3 rings (SSSR count). The maximum absolute atomic E-state index is 13.3. The zero-order chi connectivity index (χ0) is 19.1. The summed E-state index contributed by atoms with van der Waals surface area (Å²) < 4.78 is 26.7. The lowest BCUT2D eigenvalue weighted by atomic mass is 10.0. The number of allylic oxidation sites excluding steroid dienone is 2. The third-order valence-corrected chi connectivity index (χ3v) is 4.33. The fourth-order valence-corrected chi connectivity index (χ4v) is 3.01. The standard InChI is InChI=1S/C24H21F2N/c1-2-3-14-23(24(25)26)19-15-17-22(18-16-19)27(20-10-6-4-7-11-20)21-12-8-5-9-13-21/h2,4-13,15-18H,1,3,14H2. The number of para-hydroxylation sites is 2. The molecule has 0 atom stereocenters. The molecule has 0 amide bonds. The molecule has 136 valence electrons. The smallest absolute Gasteiger partial charge is 0.274 e. The van der Waals surface area contributed by atoms with Gasteiger partial charge in [0, 0.05) is 22.6 Å². The first kappa shape index (κ1) is 18.6. The second-order valence-electron chi connectivity index (χ2n) is 6.12. The quantitative estimate of drug-likeness (QED) is 0.389. The normalized spacial score (nSPS) is 10.3. The summed E-state index contributed by atoms with van der Waals surface area (Å²) in [6.45, 7) is 3.62. The number of hydrogen-bond donors (Lipinski definition) is 0. The van der Waals surface area contributed by atoms with Gasteiger partial charge in [0.15, 0.2) is 0 Å². The minimum atomic E-state index is -1.63. The molecule has 0 radical (unpaired) electrons. The van der Waals surface area contributed by atoms with Gasteiger partial charge >= 0.3 is 0 Å². The van der Waals surface area contributed by atoms with Gasteiger partial charge in [-0.05, 0) is 54.8 Å². The number of anilines is 3. The monoisotopic (exact) mass is 361 g/mol. The minimum Gasteiger partial charge on any atom is -0.311 e. The maximum Gasteiger partial charge on any atom is 0.274 e. The molecule has 0 unspecified atom stereocenters. The van der Waals surface area contributed by atoms with Crippen LogP contribution >= 0.6 is 0 Å². The van der Waals surface area contributed by atoms with Crippen LogP contribution in [0.1, 0.15) is 18.4 Å². The van der Waals surface area contributed by atoms with Crippen LogP contribution in [-0.2, 0) is 0 Å². The molecular formula is C24H21F2N. The third kappa shape index (κ3) is 4.50. The van der Waals surface area contributed by atoms with E-state index in [-0.39, 0.29) is 12.0 Å². The molecule has 0 saturated carbocycles. The van der Waals surface area contributed by atoms with Crippen molar-refractivity contribution < 1.29 is 8.78 Å². The van der Waals surface area contributed by atoms with Gasteiger partial charge < -0.3 is 4.90 Å². The van der Waals surface area contributed by atoms with E-state index in [1.54, 1.807) is 18.2 Å². The van der Waals surface area contributed by atoms with Crippen LogP contribution in [0.4, 0.5) is 25.8 Å². The van der Waals surface area contributed by atoms with Crippen molar-refractivity contribution in [3.8, 4) is 0 Å². The first-order valence-electron chi connectivity index (χ1n) is 8.86. The molecule has 27 heavy (non-hydrogen) atoms. The van der Waals surface area contributed by atoms with Gasteiger partial charge in [0.05, 0.1) is 0 Å². The molecular weight excluding hydrogens is 340 g/mol. The van der Waals surface area contributed by atoms with Crippen LogP contribution in [0.15, 0.2) is 104 Å². The number of rotatable bonds is 7. The summed E-state index contributed by atoms with van der Waals surface area (Å²) >= 11 is 0. The Morgan fingerprint density at radius 3 is 1.67 bits per heavy atom. The average molecular weight is 361 g/mol. The predicted octanol–water partition coefficient (Wildman–Crippen LogP) is 7.73. The van der Waals surface area contributed by atoms with E-state index in [1.165, 1.54) is 0 Å². The summed E-state index contributed by atoms with van der Waals surface area (Å²) in [4.78, 5) is 2.10. The van der Waals surface area contributed by atoms with E-state index in [9.17, 15) is 8.78 Å². The van der Waals surface area contributed by atoms with Crippen molar-refractivity contribution in [2.24, 2.45) is 0 Å². The highest BCUT2D eigenvalue weighted by Crippen LogP contribution is 2.35. The van der Waals surface area contributed by atoms with Crippen molar-refractivity contribution in [3.05, 3.63) is 109 Å². The number of halogens is 2. The van der Waals surface area contributed by atoms with E-state index in [2.05, 4.69) is 11.5 Å². The van der Waals surface area contributed by atoms with Gasteiger partial charge in [-0.2, -0.15) is 8.78 Å². The number of hydrogen-bond acceptors (Lipinski definition) is 1. The molecule has 0 heterocycles. The summed E-state index contributed by atoms with van der Waals surface area (Å²) in [5.41, 5.74) is 3.55. The van der Waals surface area contributed by atoms with Crippen LogP contribution in [0.25, 0.3) is 5.57 Å². The second kappa shape index (κ2) is 8.95. The fraction of sp³-hybridized carbons (Fsp3) is 0.0833. The van der Waals surface area contributed by atoms with E-state index in [0.29, 0.717) is 12.0 Å². The van der Waals surface area contributed by atoms with Crippen molar-refractivity contribution >= 4 is 22.6 Å². The molecule has 0 bridgehead atoms. The Hall–Kier alpha value is -3.20. The van der Waals surface area contributed by atoms with E-state index < -0.39 is 6.08 Å². The van der Waals surface area contributed by atoms with Gasteiger partial charge in [-0.15, -0.1) is 6.58 Å². The van der Waals surface area contributed by atoms with Crippen molar-refractivity contribution in [2.45, 2.75) is 12.8 Å². The highest BCUT2D eigenvalue weighted by atomic mass is 19.3. The van der Waals surface area contributed by atoms with Crippen molar-refractivity contribution in [2.75, 3.05) is 4.90 Å². The largest absolute Gasteiger partial charge is 0.311 e. The van der Waals surface area contributed by atoms with Gasteiger partial charge in [0.1, 0.15) is 0 Å². The molecule has 0 N–H and O–H groups in total. The van der Waals surface area contributed by atoms with Crippen LogP contribution in [0.3, 0.4) is 0 Å². The Balaban J connectivity index is 1.99. The molecule has 0 aliphatic carbocycles. The van der Waals surface area contributed by atoms with Gasteiger partial charge in [0.2, 0.25) is 0 Å². The molecule has 3 heteroatoms. The first-order chi connectivity index (χ1) is 13.2. The van der Waals surface area contributed by atoms with E-state index in [0.717, 1.165) is 17.1 Å². The zero-order valence-corrected chi connectivity index (χ0v) is 15.0. The predicted molar refractivity (Wildman–Crippen MR) is 110 cm³/mol. The van der Waals surface area contributed by atoms with Crippen LogP contribution in [0.5, 0.6) is 0 Å². The topological polar surface area (TPSA) is 3.24 Å². The summed E-state index contributed by atoms with van der Waals surface area (Å²) in [6, 6.07) is 27.2. The van der Waals surface area contributed by atoms with E-state index >= 15 is 0 Å². The maximum atomic E-state index is 13.3. The lowest BCUT2D eigenvalue weighted by Crippen LogP contribution is -2.09. The van der Waals surface area contributed by atoms with E-state index in [4.69, 9.17) is 0 Å². The van der Waals surface area contributed by atoms with Gasteiger partial charge in [-0.1, -0.05) is 54.6 Å². The summed E-state index contributed by atoms with van der Waals surface area (Å²) in [5, 5.41) is 0. The molecule has 3 aromatic rings. The van der Waals surface area contributed by atoms with Crippen LogP contribution in [0.2, 0.25) is 0 Å². The van der Waals surface area contributed by atoms with Crippen LogP contribution in [-0.4, -0.2) is 0 Å². The summed E-state index contributed by atoms with van der Waals surface area (Å²) in [6.07, 6.45) is 0.831. The van der Waals surface area contributed by atoms with Crippen LogP contribution in [0, 0.1) is 0 Å². The number of nitrogens with zero attached hydrogens (tertiary/aromatic N) is 1. The first-order valence-corrected chi connectivity index (χ1v) is 8.86. The Morgan fingerprint density at radius 2 is 1.22 bits per heavy atom. The molecule has 0 aliphatic heterocycles. The second-order valence-corrected chi connectivity index (χ2v) is 6.12. The molecule has 3 aromatic carbocycles. The van der Waals surface area contributed by atoms with E-state index in [1.807, 2.05) is 72.8 Å². The Labute approximate surface area is 158 Å². The zero-order valence-electron chi connectivity index (χ0n) is 15.0. The lowest BCUT2D eigenvalue weighted by molar-refractivity contribution is 0.423. The van der Waals surface area contributed by atoms with Crippen molar-refractivity contribution in [1.29, 1.82) is 0 Å². The molecule has 0 aliphatic rings. The van der Waals surface area contributed by atoms with Crippen molar-refractivity contribution in [1.82, 2.24) is 0 Å². The summed E-state index contributed by atoms with van der Waals surface area (Å²) in [7, 11) is 0. The average Bonchev–Trinajstić information content (AvgIpc) is 2.71. The lowest BCUT2D eigenvalue weighted by Gasteiger charge is -2.25.